The fourth-order valence-electron chi connectivity index (χ4n) is 2.15. The molecule has 20 heavy (non-hydrogen) atoms. The highest BCUT2D eigenvalue weighted by Gasteiger charge is 2.10. The maximum absolute atomic E-state index is 4.80. The molecule has 2 rings (SSSR count). The predicted octanol–water partition coefficient (Wildman–Crippen LogP) is 3.99. The van der Waals surface area contributed by atoms with E-state index in [0.717, 1.165) is 25.8 Å². The van der Waals surface area contributed by atoms with Crippen molar-refractivity contribution in [1.29, 1.82) is 0 Å². The van der Waals surface area contributed by atoms with Gasteiger partial charge in [-0.15, -0.1) is 11.3 Å². The first-order chi connectivity index (χ1) is 9.69. The van der Waals surface area contributed by atoms with Gasteiger partial charge in [-0.1, -0.05) is 51.1 Å². The molecular formula is C17H24N2S. The number of aryl methyl sites for hydroxylation is 3. The van der Waals surface area contributed by atoms with Crippen LogP contribution in [0.5, 0.6) is 0 Å². The average molecular weight is 288 g/mol. The Balaban J connectivity index is 1.98. The summed E-state index contributed by atoms with van der Waals surface area (Å²) in [7, 11) is 0. The summed E-state index contributed by atoms with van der Waals surface area (Å²) in [5.74, 6) is 0. The highest BCUT2D eigenvalue weighted by atomic mass is 32.1. The number of benzene rings is 1. The molecule has 2 aromatic rings. The Morgan fingerprint density at radius 2 is 1.90 bits per heavy atom. The van der Waals surface area contributed by atoms with E-state index in [0.29, 0.717) is 6.04 Å². The first-order valence-corrected chi connectivity index (χ1v) is 8.25. The Hall–Kier alpha value is -1.19. The molecule has 0 spiro atoms. The molecule has 0 amide bonds. The van der Waals surface area contributed by atoms with Crippen molar-refractivity contribution in [1.82, 2.24) is 10.3 Å². The van der Waals surface area contributed by atoms with E-state index in [1.807, 2.05) is 11.3 Å². The molecule has 0 bridgehead atoms. The number of hydrogen-bond donors (Lipinski definition) is 1. The quantitative estimate of drug-likeness (QED) is 0.833. The van der Waals surface area contributed by atoms with Crippen LogP contribution in [0.4, 0.5) is 0 Å². The lowest BCUT2D eigenvalue weighted by molar-refractivity contribution is 0.590. The molecule has 2 nitrogen and oxygen atoms in total. The zero-order valence-electron chi connectivity index (χ0n) is 12.6. The predicted molar refractivity (Wildman–Crippen MR) is 87.3 cm³/mol. The van der Waals surface area contributed by atoms with Gasteiger partial charge in [0.15, 0.2) is 0 Å². The summed E-state index contributed by atoms with van der Waals surface area (Å²) in [5.41, 5.74) is 2.66. The minimum absolute atomic E-state index is 0.523. The van der Waals surface area contributed by atoms with Crippen molar-refractivity contribution in [3.63, 3.8) is 0 Å². The van der Waals surface area contributed by atoms with Gasteiger partial charge in [-0.2, -0.15) is 0 Å². The molecule has 0 atom stereocenters. The molecule has 1 heterocycles. The third kappa shape index (κ3) is 4.43. The van der Waals surface area contributed by atoms with Crippen LogP contribution < -0.4 is 5.32 Å². The van der Waals surface area contributed by atoms with Gasteiger partial charge in [0.05, 0.1) is 10.7 Å². The van der Waals surface area contributed by atoms with Crippen LogP contribution in [0.1, 0.15) is 41.9 Å². The van der Waals surface area contributed by atoms with E-state index in [1.54, 1.807) is 0 Å². The first-order valence-electron chi connectivity index (χ1n) is 7.43. The van der Waals surface area contributed by atoms with Crippen molar-refractivity contribution in [2.45, 2.75) is 52.6 Å². The number of aromatic nitrogens is 1. The summed E-state index contributed by atoms with van der Waals surface area (Å²) in [5, 5.41) is 4.76. The highest BCUT2D eigenvalue weighted by Crippen LogP contribution is 2.21. The lowest BCUT2D eigenvalue weighted by Crippen LogP contribution is -2.21. The molecule has 0 aliphatic heterocycles. The Morgan fingerprint density at radius 1 is 1.15 bits per heavy atom. The summed E-state index contributed by atoms with van der Waals surface area (Å²) < 4.78 is 0. The second kappa shape index (κ2) is 7.55. The Bertz CT molecular complexity index is 517. The number of thiazole rings is 1. The summed E-state index contributed by atoms with van der Waals surface area (Å²) >= 11 is 1.87. The molecule has 0 aliphatic rings. The minimum atomic E-state index is 0.523. The van der Waals surface area contributed by atoms with E-state index in [-0.39, 0.29) is 0 Å². The standard InChI is InChI=1S/C17H24N2S/c1-4-15-16(12-18-13(2)3)20-17(19-15)11-10-14-8-6-5-7-9-14/h5-9,13,18H,4,10-12H2,1-3H3. The summed E-state index contributed by atoms with van der Waals surface area (Å²) in [6.07, 6.45) is 3.15. The van der Waals surface area contributed by atoms with E-state index in [4.69, 9.17) is 4.98 Å². The van der Waals surface area contributed by atoms with Crippen molar-refractivity contribution in [3.8, 4) is 0 Å². The topological polar surface area (TPSA) is 24.9 Å². The third-order valence-corrected chi connectivity index (χ3v) is 4.46. The van der Waals surface area contributed by atoms with Gasteiger partial charge in [0.25, 0.3) is 0 Å². The van der Waals surface area contributed by atoms with Crippen molar-refractivity contribution in [2.24, 2.45) is 0 Å². The van der Waals surface area contributed by atoms with E-state index >= 15 is 0 Å². The van der Waals surface area contributed by atoms with Crippen molar-refractivity contribution in [3.05, 3.63) is 51.5 Å². The lowest BCUT2D eigenvalue weighted by atomic mass is 10.1. The fraction of sp³-hybridized carbons (Fsp3) is 0.471. The molecule has 0 aliphatic carbocycles. The highest BCUT2D eigenvalue weighted by molar-refractivity contribution is 7.11. The first kappa shape index (κ1) is 15.2. The zero-order chi connectivity index (χ0) is 14.4. The molecule has 0 saturated carbocycles. The molecule has 0 radical (unpaired) electrons. The van der Waals surface area contributed by atoms with Gasteiger partial charge < -0.3 is 5.32 Å². The molecule has 1 N–H and O–H groups in total. The van der Waals surface area contributed by atoms with E-state index < -0.39 is 0 Å². The minimum Gasteiger partial charge on any atom is -0.310 e. The molecular weight excluding hydrogens is 264 g/mol. The normalized spacial score (nSPS) is 11.2. The number of nitrogens with one attached hydrogen (secondary N) is 1. The van der Waals surface area contributed by atoms with Gasteiger partial charge in [-0.3, -0.25) is 0 Å². The van der Waals surface area contributed by atoms with Gasteiger partial charge in [0.1, 0.15) is 0 Å². The number of hydrogen-bond acceptors (Lipinski definition) is 3. The van der Waals surface area contributed by atoms with Gasteiger partial charge in [0.2, 0.25) is 0 Å². The average Bonchev–Trinajstić information content (AvgIpc) is 2.86. The van der Waals surface area contributed by atoms with Crippen molar-refractivity contribution < 1.29 is 0 Å². The van der Waals surface area contributed by atoms with Gasteiger partial charge in [-0.05, 0) is 18.4 Å². The van der Waals surface area contributed by atoms with Crippen LogP contribution in [-0.2, 0) is 25.8 Å². The number of nitrogens with zero attached hydrogens (tertiary/aromatic N) is 1. The maximum atomic E-state index is 4.80. The van der Waals surface area contributed by atoms with E-state index in [2.05, 4.69) is 56.4 Å². The van der Waals surface area contributed by atoms with E-state index in [9.17, 15) is 0 Å². The lowest BCUT2D eigenvalue weighted by Gasteiger charge is -2.06. The molecule has 108 valence electrons. The van der Waals surface area contributed by atoms with Crippen LogP contribution in [0.25, 0.3) is 0 Å². The van der Waals surface area contributed by atoms with Crippen LogP contribution in [0.2, 0.25) is 0 Å². The second-order valence-electron chi connectivity index (χ2n) is 5.35. The van der Waals surface area contributed by atoms with Gasteiger partial charge in [0, 0.05) is 23.9 Å². The summed E-state index contributed by atoms with van der Waals surface area (Å²) in [6.45, 7) is 7.50. The van der Waals surface area contributed by atoms with Gasteiger partial charge in [-0.25, -0.2) is 4.98 Å². The molecule has 0 saturated heterocycles. The third-order valence-electron chi connectivity index (χ3n) is 3.30. The van der Waals surface area contributed by atoms with Crippen molar-refractivity contribution >= 4 is 11.3 Å². The van der Waals surface area contributed by atoms with E-state index in [1.165, 1.54) is 21.1 Å². The van der Waals surface area contributed by atoms with Crippen LogP contribution in [0.3, 0.4) is 0 Å². The Kier molecular flexibility index (Phi) is 5.74. The smallest absolute Gasteiger partial charge is 0.0934 e. The summed E-state index contributed by atoms with van der Waals surface area (Å²) in [4.78, 5) is 6.21. The van der Waals surface area contributed by atoms with Crippen LogP contribution >= 0.6 is 11.3 Å². The SMILES string of the molecule is CCc1nc(CCc2ccccc2)sc1CNC(C)C. The van der Waals surface area contributed by atoms with Crippen LogP contribution in [0, 0.1) is 0 Å². The summed E-state index contributed by atoms with van der Waals surface area (Å²) in [6, 6.07) is 11.2. The van der Waals surface area contributed by atoms with Crippen LogP contribution in [0.15, 0.2) is 30.3 Å². The molecule has 0 unspecified atom stereocenters. The second-order valence-corrected chi connectivity index (χ2v) is 6.52. The van der Waals surface area contributed by atoms with Crippen LogP contribution in [-0.4, -0.2) is 11.0 Å². The largest absolute Gasteiger partial charge is 0.310 e. The van der Waals surface area contributed by atoms with Crippen molar-refractivity contribution in [2.75, 3.05) is 0 Å². The Labute approximate surface area is 126 Å². The number of rotatable bonds is 7. The molecule has 1 aromatic carbocycles. The maximum Gasteiger partial charge on any atom is 0.0934 e. The Morgan fingerprint density at radius 3 is 2.55 bits per heavy atom. The molecule has 1 aromatic heterocycles. The zero-order valence-corrected chi connectivity index (χ0v) is 13.5. The molecule has 0 fully saturated rings. The monoisotopic (exact) mass is 288 g/mol. The fourth-order valence-corrected chi connectivity index (χ4v) is 3.26. The van der Waals surface area contributed by atoms with Gasteiger partial charge >= 0.3 is 0 Å². The molecule has 3 heteroatoms.